The van der Waals surface area contributed by atoms with Gasteiger partial charge in [0, 0.05) is 6.20 Å². The molecule has 0 saturated heterocycles. The van der Waals surface area contributed by atoms with Crippen molar-refractivity contribution in [2.75, 3.05) is 0 Å². The molecule has 0 amide bonds. The summed E-state index contributed by atoms with van der Waals surface area (Å²) in [7, 11) is -4.30. The first-order valence-corrected chi connectivity index (χ1v) is 6.02. The maximum atomic E-state index is 12.5. The topological polar surface area (TPSA) is 96.8 Å². The summed E-state index contributed by atoms with van der Waals surface area (Å²) >= 11 is 2.74. The SMILES string of the molecule is N#Cc1c(C(F)F)cnc(Br)c1S(N)(=O)=O. The summed E-state index contributed by atoms with van der Waals surface area (Å²) in [5.74, 6) is 0. The summed E-state index contributed by atoms with van der Waals surface area (Å²) in [6, 6.07) is 1.38. The van der Waals surface area contributed by atoms with Gasteiger partial charge in [-0.3, -0.25) is 0 Å². The summed E-state index contributed by atoms with van der Waals surface area (Å²) in [6.45, 7) is 0. The average Bonchev–Trinajstić information content (AvgIpc) is 2.14. The third kappa shape index (κ3) is 2.34. The summed E-state index contributed by atoms with van der Waals surface area (Å²) in [4.78, 5) is 2.67. The lowest BCUT2D eigenvalue weighted by molar-refractivity contribution is 0.150. The van der Waals surface area contributed by atoms with Gasteiger partial charge < -0.3 is 0 Å². The molecule has 9 heteroatoms. The van der Waals surface area contributed by atoms with Crippen LogP contribution < -0.4 is 5.14 Å². The van der Waals surface area contributed by atoms with Crippen LogP contribution in [-0.2, 0) is 10.0 Å². The van der Waals surface area contributed by atoms with Gasteiger partial charge in [0.25, 0.3) is 6.43 Å². The van der Waals surface area contributed by atoms with Crippen LogP contribution in [-0.4, -0.2) is 13.4 Å². The second-order valence-electron chi connectivity index (χ2n) is 2.67. The lowest BCUT2D eigenvalue weighted by atomic mass is 10.1. The number of pyridine rings is 1. The Balaban J connectivity index is 3.74. The van der Waals surface area contributed by atoms with Crippen molar-refractivity contribution < 1.29 is 17.2 Å². The predicted octanol–water partition coefficient (Wildman–Crippen LogP) is 1.30. The van der Waals surface area contributed by atoms with Crippen molar-refractivity contribution in [3.63, 3.8) is 0 Å². The van der Waals surface area contributed by atoms with E-state index in [-0.39, 0.29) is 4.60 Å². The first-order valence-electron chi connectivity index (χ1n) is 3.68. The average molecular weight is 312 g/mol. The molecular weight excluding hydrogens is 308 g/mol. The maximum absolute atomic E-state index is 12.5. The molecule has 1 rings (SSSR count). The minimum absolute atomic E-state index is 0.268. The van der Waals surface area contributed by atoms with Gasteiger partial charge in [0.05, 0.1) is 11.1 Å². The molecule has 2 N–H and O–H groups in total. The molecule has 0 unspecified atom stereocenters. The molecule has 0 spiro atoms. The number of hydrogen-bond acceptors (Lipinski definition) is 4. The zero-order valence-electron chi connectivity index (χ0n) is 7.49. The lowest BCUT2D eigenvalue weighted by Crippen LogP contribution is -2.16. The number of alkyl halides is 2. The van der Waals surface area contributed by atoms with Crippen molar-refractivity contribution in [1.82, 2.24) is 4.98 Å². The molecule has 0 aromatic carbocycles. The maximum Gasteiger partial charge on any atom is 0.266 e. The highest BCUT2D eigenvalue weighted by Crippen LogP contribution is 2.30. The Labute approximate surface area is 98.1 Å². The summed E-state index contributed by atoms with van der Waals surface area (Å²) in [5, 5.41) is 13.5. The van der Waals surface area contributed by atoms with Gasteiger partial charge in [0.1, 0.15) is 15.6 Å². The van der Waals surface area contributed by atoms with Crippen molar-refractivity contribution in [2.45, 2.75) is 11.3 Å². The second-order valence-corrected chi connectivity index (χ2v) is 4.92. The largest absolute Gasteiger partial charge is 0.266 e. The summed E-state index contributed by atoms with van der Waals surface area (Å²) < 4.78 is 46.9. The predicted molar refractivity (Wildman–Crippen MR) is 53.0 cm³/mol. The van der Waals surface area contributed by atoms with Crippen LogP contribution in [0.2, 0.25) is 0 Å². The highest BCUT2D eigenvalue weighted by Gasteiger charge is 2.25. The molecule has 0 radical (unpaired) electrons. The van der Waals surface area contributed by atoms with Crippen molar-refractivity contribution >= 4 is 26.0 Å². The van der Waals surface area contributed by atoms with E-state index in [1.54, 1.807) is 0 Å². The minimum Gasteiger partial charge on any atom is -0.247 e. The van der Waals surface area contributed by atoms with E-state index in [4.69, 9.17) is 10.4 Å². The van der Waals surface area contributed by atoms with Gasteiger partial charge in [-0.25, -0.2) is 27.3 Å². The molecule has 0 atom stereocenters. The van der Waals surface area contributed by atoms with E-state index in [0.29, 0.717) is 0 Å². The van der Waals surface area contributed by atoms with E-state index in [1.165, 1.54) is 6.07 Å². The van der Waals surface area contributed by atoms with Crippen LogP contribution in [0.3, 0.4) is 0 Å². The highest BCUT2D eigenvalue weighted by molar-refractivity contribution is 9.10. The molecule has 5 nitrogen and oxygen atoms in total. The molecule has 1 aromatic rings. The van der Waals surface area contributed by atoms with Gasteiger partial charge in [-0.15, -0.1) is 0 Å². The fraction of sp³-hybridized carbons (Fsp3) is 0.143. The zero-order chi connectivity index (χ0) is 12.5. The lowest BCUT2D eigenvalue weighted by Gasteiger charge is -2.07. The standard InChI is InChI=1S/C7H4BrF2N3O2S/c8-6-5(16(12,14)15)3(1-11)4(2-13-6)7(9)10/h2,7H,(H2,12,14,15). The molecule has 0 saturated carbocycles. The molecule has 0 aliphatic rings. The third-order valence-corrected chi connectivity index (χ3v) is 3.48. The van der Waals surface area contributed by atoms with Gasteiger partial charge in [-0.05, 0) is 15.9 Å². The van der Waals surface area contributed by atoms with Crippen LogP contribution in [0.25, 0.3) is 0 Å². The minimum atomic E-state index is -4.30. The number of nitrogens with two attached hydrogens (primary N) is 1. The van der Waals surface area contributed by atoms with Gasteiger partial charge in [0.15, 0.2) is 0 Å². The van der Waals surface area contributed by atoms with Crippen molar-refractivity contribution in [1.29, 1.82) is 5.26 Å². The van der Waals surface area contributed by atoms with Crippen LogP contribution in [0.5, 0.6) is 0 Å². The Morgan fingerprint density at radius 3 is 2.50 bits per heavy atom. The Hall–Kier alpha value is -1.11. The van der Waals surface area contributed by atoms with E-state index in [1.807, 2.05) is 0 Å². The molecule has 86 valence electrons. The Kier molecular flexibility index (Phi) is 3.57. The normalized spacial score (nSPS) is 11.5. The number of sulfonamides is 1. The second kappa shape index (κ2) is 4.40. The van der Waals surface area contributed by atoms with Crippen LogP contribution in [0.1, 0.15) is 17.6 Å². The molecule has 0 bridgehead atoms. The number of primary sulfonamides is 1. The van der Waals surface area contributed by atoms with Crippen molar-refractivity contribution in [3.05, 3.63) is 21.9 Å². The number of rotatable bonds is 2. The molecule has 1 aromatic heterocycles. The smallest absolute Gasteiger partial charge is 0.247 e. The fourth-order valence-electron chi connectivity index (χ4n) is 1.02. The Morgan fingerprint density at radius 2 is 2.12 bits per heavy atom. The monoisotopic (exact) mass is 311 g/mol. The first-order chi connectivity index (χ1) is 7.29. The van der Waals surface area contributed by atoms with Crippen LogP contribution in [0, 0.1) is 11.3 Å². The van der Waals surface area contributed by atoms with E-state index >= 15 is 0 Å². The number of halogens is 3. The van der Waals surface area contributed by atoms with E-state index < -0.39 is 32.5 Å². The summed E-state index contributed by atoms with van der Waals surface area (Å²) in [5.41, 5.74) is -1.46. The van der Waals surface area contributed by atoms with E-state index in [9.17, 15) is 17.2 Å². The highest BCUT2D eigenvalue weighted by atomic mass is 79.9. The van der Waals surface area contributed by atoms with Gasteiger partial charge in [-0.1, -0.05) is 0 Å². The molecular formula is C7H4BrF2N3O2S. The van der Waals surface area contributed by atoms with Gasteiger partial charge in [0.2, 0.25) is 10.0 Å². The van der Waals surface area contributed by atoms with Gasteiger partial charge in [-0.2, -0.15) is 5.26 Å². The zero-order valence-corrected chi connectivity index (χ0v) is 9.89. The molecule has 0 aliphatic carbocycles. The first kappa shape index (κ1) is 13.0. The summed E-state index contributed by atoms with van der Waals surface area (Å²) in [6.07, 6.45) is -2.28. The number of nitriles is 1. The van der Waals surface area contributed by atoms with Crippen molar-refractivity contribution in [3.8, 4) is 6.07 Å². The quantitative estimate of drug-likeness (QED) is 0.832. The van der Waals surface area contributed by atoms with Crippen molar-refractivity contribution in [2.24, 2.45) is 5.14 Å². The van der Waals surface area contributed by atoms with Crippen LogP contribution >= 0.6 is 15.9 Å². The van der Waals surface area contributed by atoms with Crippen LogP contribution in [0.4, 0.5) is 8.78 Å². The number of nitrogens with zero attached hydrogens (tertiary/aromatic N) is 2. The Morgan fingerprint density at radius 1 is 1.56 bits per heavy atom. The van der Waals surface area contributed by atoms with E-state index in [0.717, 1.165) is 6.20 Å². The molecule has 1 heterocycles. The number of aromatic nitrogens is 1. The molecule has 0 aliphatic heterocycles. The van der Waals surface area contributed by atoms with Crippen LogP contribution in [0.15, 0.2) is 15.7 Å². The molecule has 16 heavy (non-hydrogen) atoms. The third-order valence-electron chi connectivity index (χ3n) is 1.65. The fourth-order valence-corrected chi connectivity index (χ4v) is 2.74. The van der Waals surface area contributed by atoms with Gasteiger partial charge >= 0.3 is 0 Å². The molecule has 0 fully saturated rings. The van der Waals surface area contributed by atoms with E-state index in [2.05, 4.69) is 20.9 Å². The number of hydrogen-bond donors (Lipinski definition) is 1. The Bertz CT molecular complexity index is 568.